The van der Waals surface area contributed by atoms with Gasteiger partial charge in [0.2, 0.25) is 5.78 Å². The molecule has 7 nitrogen and oxygen atoms in total. The number of rotatable bonds is 7. The molecule has 0 aliphatic rings. The molecule has 0 amide bonds. The molecule has 0 spiro atoms. The van der Waals surface area contributed by atoms with Crippen LogP contribution in [0.4, 0.5) is 0 Å². The number of aryl methyl sites for hydroxylation is 3. The average molecular weight is 414 g/mol. The van der Waals surface area contributed by atoms with E-state index in [9.17, 15) is 14.4 Å². The van der Waals surface area contributed by atoms with Crippen molar-refractivity contribution in [1.29, 1.82) is 0 Å². The topological polar surface area (TPSA) is 87.5 Å². The van der Waals surface area contributed by atoms with Crippen molar-refractivity contribution in [3.8, 4) is 5.75 Å². The fourth-order valence-electron chi connectivity index (χ4n) is 2.94. The van der Waals surface area contributed by atoms with Gasteiger partial charge in [-0.3, -0.25) is 19.0 Å². The van der Waals surface area contributed by atoms with Crippen molar-refractivity contribution in [1.82, 2.24) is 9.55 Å². The molecule has 2 heterocycles. The maximum Gasteiger partial charge on any atom is 0.308 e. The van der Waals surface area contributed by atoms with Crippen molar-refractivity contribution in [3.63, 3.8) is 0 Å². The van der Waals surface area contributed by atoms with Crippen LogP contribution in [-0.4, -0.2) is 34.5 Å². The minimum absolute atomic E-state index is 0.0322. The Balaban J connectivity index is 1.62. The van der Waals surface area contributed by atoms with Crippen molar-refractivity contribution < 1.29 is 19.1 Å². The van der Waals surface area contributed by atoms with Crippen LogP contribution in [0.2, 0.25) is 0 Å². The number of methoxy groups -OCH3 is 1. The molecule has 1 atom stereocenters. The number of benzene rings is 1. The first-order valence-corrected chi connectivity index (χ1v) is 9.96. The predicted molar refractivity (Wildman–Crippen MR) is 111 cm³/mol. The molecular weight excluding hydrogens is 392 g/mol. The van der Waals surface area contributed by atoms with Gasteiger partial charge in [0.15, 0.2) is 6.10 Å². The van der Waals surface area contributed by atoms with Gasteiger partial charge < -0.3 is 9.47 Å². The Kier molecular flexibility index (Phi) is 6.12. The highest BCUT2D eigenvalue weighted by Crippen LogP contribution is 2.25. The number of aromatic nitrogens is 2. The van der Waals surface area contributed by atoms with Gasteiger partial charge in [-0.2, -0.15) is 0 Å². The highest BCUT2D eigenvalue weighted by atomic mass is 32.1. The molecular formula is C21H22N2O5S. The van der Waals surface area contributed by atoms with Crippen LogP contribution in [0.25, 0.3) is 10.2 Å². The second kappa shape index (κ2) is 8.57. The Hall–Kier alpha value is -3.00. The third kappa shape index (κ3) is 4.37. The second-order valence-electron chi connectivity index (χ2n) is 6.68. The summed E-state index contributed by atoms with van der Waals surface area (Å²) in [5.41, 5.74) is 1.17. The molecule has 1 unspecified atom stereocenters. The van der Waals surface area contributed by atoms with E-state index >= 15 is 0 Å². The molecule has 3 aromatic rings. The van der Waals surface area contributed by atoms with E-state index < -0.39 is 12.1 Å². The lowest BCUT2D eigenvalue weighted by molar-refractivity contribution is -0.146. The lowest BCUT2D eigenvalue weighted by atomic mass is 10.1. The van der Waals surface area contributed by atoms with E-state index in [1.165, 1.54) is 29.2 Å². The molecule has 8 heteroatoms. The third-order valence-electron chi connectivity index (χ3n) is 4.76. The van der Waals surface area contributed by atoms with Crippen LogP contribution in [0, 0.1) is 13.8 Å². The zero-order valence-corrected chi connectivity index (χ0v) is 17.5. The van der Waals surface area contributed by atoms with Gasteiger partial charge in [0.25, 0.3) is 5.56 Å². The summed E-state index contributed by atoms with van der Waals surface area (Å²) in [7, 11) is 1.54. The van der Waals surface area contributed by atoms with E-state index in [4.69, 9.17) is 9.47 Å². The second-order valence-corrected chi connectivity index (χ2v) is 7.88. The molecule has 0 saturated heterocycles. The summed E-state index contributed by atoms with van der Waals surface area (Å²) in [6.45, 7) is 5.51. The first-order valence-electron chi connectivity index (χ1n) is 9.14. The van der Waals surface area contributed by atoms with Crippen LogP contribution in [0.15, 0.2) is 35.4 Å². The number of thiophene rings is 1. The van der Waals surface area contributed by atoms with Gasteiger partial charge in [-0.1, -0.05) is 0 Å². The summed E-state index contributed by atoms with van der Waals surface area (Å²) < 4.78 is 11.7. The fourth-order valence-corrected chi connectivity index (χ4v) is 3.93. The highest BCUT2D eigenvalue weighted by molar-refractivity contribution is 7.18. The molecule has 0 aliphatic carbocycles. The van der Waals surface area contributed by atoms with Crippen LogP contribution in [0.3, 0.4) is 0 Å². The lowest BCUT2D eigenvalue weighted by Gasteiger charge is -2.13. The average Bonchev–Trinajstić information content (AvgIpc) is 3.01. The van der Waals surface area contributed by atoms with Crippen LogP contribution in [-0.2, 0) is 16.1 Å². The summed E-state index contributed by atoms with van der Waals surface area (Å²) in [6.07, 6.45) is 0.490. The van der Waals surface area contributed by atoms with E-state index in [0.717, 1.165) is 10.4 Å². The van der Waals surface area contributed by atoms with Crippen molar-refractivity contribution in [2.45, 2.75) is 39.8 Å². The summed E-state index contributed by atoms with van der Waals surface area (Å²) in [5.74, 6) is -0.214. The van der Waals surface area contributed by atoms with Gasteiger partial charge in [0.1, 0.15) is 10.6 Å². The standard InChI is InChI=1S/C21H22N2O5S/c1-12-14(3)29-20-18(12)21(26)23(11-22-20)10-9-17(24)28-13(2)19(25)15-5-7-16(27-4)8-6-15/h5-8,11,13H,9-10H2,1-4H3. The molecule has 0 radical (unpaired) electrons. The Labute approximate surface area is 171 Å². The number of carbonyl (C=O) groups is 2. The minimum atomic E-state index is -0.921. The predicted octanol–water partition coefficient (Wildman–Crippen LogP) is 3.29. The van der Waals surface area contributed by atoms with Gasteiger partial charge in [-0.25, -0.2) is 4.98 Å². The molecule has 0 saturated carbocycles. The van der Waals surface area contributed by atoms with E-state index in [-0.39, 0.29) is 24.3 Å². The lowest BCUT2D eigenvalue weighted by Crippen LogP contribution is -2.26. The van der Waals surface area contributed by atoms with Crippen molar-refractivity contribution in [2.24, 2.45) is 0 Å². The van der Waals surface area contributed by atoms with Crippen molar-refractivity contribution in [2.75, 3.05) is 7.11 Å². The quantitative estimate of drug-likeness (QED) is 0.435. The number of fused-ring (bicyclic) bond motifs is 1. The number of hydrogen-bond donors (Lipinski definition) is 0. The number of esters is 1. The van der Waals surface area contributed by atoms with Gasteiger partial charge in [0, 0.05) is 17.0 Å². The molecule has 0 fully saturated rings. The number of ketones is 1. The number of hydrogen-bond acceptors (Lipinski definition) is 7. The maximum absolute atomic E-state index is 12.7. The van der Waals surface area contributed by atoms with Gasteiger partial charge in [-0.05, 0) is 50.6 Å². The molecule has 152 valence electrons. The first-order chi connectivity index (χ1) is 13.8. The van der Waals surface area contributed by atoms with E-state index in [0.29, 0.717) is 21.5 Å². The number of nitrogens with zero attached hydrogens (tertiary/aromatic N) is 2. The van der Waals surface area contributed by atoms with Crippen LogP contribution in [0.1, 0.15) is 34.1 Å². The molecule has 0 N–H and O–H groups in total. The van der Waals surface area contributed by atoms with Crippen molar-refractivity contribution in [3.05, 3.63) is 57.0 Å². The zero-order chi connectivity index (χ0) is 21.1. The Morgan fingerprint density at radius 2 is 1.90 bits per heavy atom. The Bertz CT molecular complexity index is 1110. The smallest absolute Gasteiger partial charge is 0.308 e. The molecule has 3 rings (SSSR count). The normalized spacial score (nSPS) is 12.0. The van der Waals surface area contributed by atoms with Crippen LogP contribution >= 0.6 is 11.3 Å². The van der Waals surface area contributed by atoms with Crippen LogP contribution in [0.5, 0.6) is 5.75 Å². The summed E-state index contributed by atoms with van der Waals surface area (Å²) in [6, 6.07) is 6.59. The number of carbonyl (C=O) groups excluding carboxylic acids is 2. The molecule has 0 bridgehead atoms. The largest absolute Gasteiger partial charge is 0.497 e. The van der Waals surface area contributed by atoms with E-state index in [1.54, 1.807) is 31.4 Å². The monoisotopic (exact) mass is 414 g/mol. The van der Waals surface area contributed by atoms with E-state index in [1.807, 2.05) is 13.8 Å². The molecule has 2 aromatic heterocycles. The third-order valence-corrected chi connectivity index (χ3v) is 5.88. The maximum atomic E-state index is 12.7. The van der Waals surface area contributed by atoms with Gasteiger partial charge >= 0.3 is 5.97 Å². The highest BCUT2D eigenvalue weighted by Gasteiger charge is 2.20. The molecule has 1 aromatic carbocycles. The van der Waals surface area contributed by atoms with Gasteiger partial charge in [-0.15, -0.1) is 11.3 Å². The van der Waals surface area contributed by atoms with Crippen LogP contribution < -0.4 is 10.3 Å². The number of Topliss-reactive ketones (excluding diaryl/α,β-unsaturated/α-hetero) is 1. The van der Waals surface area contributed by atoms with Crippen molar-refractivity contribution >= 4 is 33.3 Å². The zero-order valence-electron chi connectivity index (χ0n) is 16.7. The fraction of sp³-hybridized carbons (Fsp3) is 0.333. The molecule has 0 aliphatic heterocycles. The number of ether oxygens (including phenoxy) is 2. The summed E-state index contributed by atoms with van der Waals surface area (Å²) in [4.78, 5) is 43.3. The van der Waals surface area contributed by atoms with E-state index in [2.05, 4.69) is 4.98 Å². The Morgan fingerprint density at radius 1 is 1.21 bits per heavy atom. The molecule has 29 heavy (non-hydrogen) atoms. The summed E-state index contributed by atoms with van der Waals surface area (Å²) >= 11 is 1.48. The minimum Gasteiger partial charge on any atom is -0.497 e. The van der Waals surface area contributed by atoms with Gasteiger partial charge in [0.05, 0.1) is 25.2 Å². The Morgan fingerprint density at radius 3 is 2.55 bits per heavy atom. The summed E-state index contributed by atoms with van der Waals surface area (Å²) in [5, 5.41) is 0.589. The SMILES string of the molecule is COc1ccc(C(=O)C(C)OC(=O)CCn2cnc3sc(C)c(C)c3c2=O)cc1. The first kappa shape index (κ1) is 20.7.